The van der Waals surface area contributed by atoms with E-state index in [0.29, 0.717) is 0 Å². The largest absolute Gasteiger partial charge is 0.346 e. The van der Waals surface area contributed by atoms with Crippen LogP contribution in [0.3, 0.4) is 0 Å². The molecule has 2 aliphatic heterocycles. The van der Waals surface area contributed by atoms with E-state index in [9.17, 15) is 0 Å². The van der Waals surface area contributed by atoms with E-state index in [1.807, 2.05) is 0 Å². The molecule has 2 aliphatic rings. The van der Waals surface area contributed by atoms with Gasteiger partial charge in [0.05, 0.1) is 0 Å². The van der Waals surface area contributed by atoms with E-state index in [1.54, 1.807) is 0 Å². The van der Waals surface area contributed by atoms with E-state index in [-0.39, 0.29) is 0 Å². The number of rotatable bonds is 0. The van der Waals surface area contributed by atoms with Crippen molar-refractivity contribution < 1.29 is 0 Å². The van der Waals surface area contributed by atoms with Crippen LogP contribution in [0.5, 0.6) is 0 Å². The summed E-state index contributed by atoms with van der Waals surface area (Å²) < 4.78 is 0. The second-order valence-electron chi connectivity index (χ2n) is 4.00. The van der Waals surface area contributed by atoms with Gasteiger partial charge in [-0.05, 0) is 25.7 Å². The molecule has 0 aromatic rings. The van der Waals surface area contributed by atoms with Crippen molar-refractivity contribution >= 4 is 5.96 Å². The molecule has 0 unspecified atom stereocenters. The quantitative estimate of drug-likeness (QED) is 0.558. The summed E-state index contributed by atoms with van der Waals surface area (Å²) in [4.78, 5) is 9.40. The minimum absolute atomic E-state index is 1.02. The predicted molar refractivity (Wildman–Crippen MR) is 55.0 cm³/mol. The smallest absolute Gasteiger partial charge is 0.196 e. The van der Waals surface area contributed by atoms with Crippen molar-refractivity contribution in [3.8, 4) is 0 Å². The molecule has 1 fully saturated rings. The van der Waals surface area contributed by atoms with Crippen LogP contribution >= 0.6 is 0 Å². The maximum atomic E-state index is 4.65. The fourth-order valence-electron chi connectivity index (χ4n) is 2.14. The fraction of sp³-hybridized carbons (Fsp3) is 0.900. The van der Waals surface area contributed by atoms with Crippen LogP contribution in [0.15, 0.2) is 4.99 Å². The number of fused-ring (bicyclic) bond motifs is 1. The normalized spacial score (nSPS) is 24.5. The van der Waals surface area contributed by atoms with Crippen LogP contribution in [0.2, 0.25) is 0 Å². The first-order valence-electron chi connectivity index (χ1n) is 5.38. The predicted octanol–water partition coefficient (Wildman–Crippen LogP) is 1.16. The van der Waals surface area contributed by atoms with Crippen molar-refractivity contribution in [1.82, 2.24) is 9.80 Å². The number of nitrogens with zero attached hydrogens (tertiary/aromatic N) is 3. The number of guanidine groups is 1. The Kier molecular flexibility index (Phi) is 2.71. The minimum Gasteiger partial charge on any atom is -0.346 e. The molecule has 2 rings (SSSR count). The van der Waals surface area contributed by atoms with Crippen molar-refractivity contribution in [2.24, 2.45) is 4.99 Å². The van der Waals surface area contributed by atoms with Gasteiger partial charge in [0.25, 0.3) is 0 Å². The Hall–Kier alpha value is -0.730. The van der Waals surface area contributed by atoms with E-state index in [1.165, 1.54) is 51.3 Å². The maximum absolute atomic E-state index is 4.65. The molecule has 3 nitrogen and oxygen atoms in total. The molecule has 0 amide bonds. The van der Waals surface area contributed by atoms with E-state index in [0.717, 1.165) is 6.54 Å². The van der Waals surface area contributed by atoms with Gasteiger partial charge in [-0.25, -0.2) is 0 Å². The minimum atomic E-state index is 1.02. The Labute approximate surface area is 80.4 Å². The maximum Gasteiger partial charge on any atom is 0.196 e. The molecule has 0 bridgehead atoms. The van der Waals surface area contributed by atoms with Gasteiger partial charge >= 0.3 is 0 Å². The van der Waals surface area contributed by atoms with Gasteiger partial charge in [-0.2, -0.15) is 0 Å². The Morgan fingerprint density at radius 1 is 1.00 bits per heavy atom. The zero-order valence-corrected chi connectivity index (χ0v) is 8.50. The molecule has 0 aromatic heterocycles. The third kappa shape index (κ3) is 1.95. The lowest BCUT2D eigenvalue weighted by atomic mass is 10.2. The Balaban J connectivity index is 2.10. The molecule has 1 saturated heterocycles. The molecule has 3 heteroatoms. The monoisotopic (exact) mass is 181 g/mol. The van der Waals surface area contributed by atoms with Gasteiger partial charge in [-0.15, -0.1) is 0 Å². The Morgan fingerprint density at radius 2 is 1.85 bits per heavy atom. The molecule has 0 aromatic carbocycles. The van der Waals surface area contributed by atoms with Crippen LogP contribution in [0.1, 0.15) is 25.7 Å². The van der Waals surface area contributed by atoms with Gasteiger partial charge in [0.1, 0.15) is 0 Å². The first-order chi connectivity index (χ1) is 6.38. The van der Waals surface area contributed by atoms with Crippen LogP contribution in [0.25, 0.3) is 0 Å². The van der Waals surface area contributed by atoms with Gasteiger partial charge in [-0.3, -0.25) is 4.99 Å². The summed E-state index contributed by atoms with van der Waals surface area (Å²) in [6.07, 6.45) is 5.24. The van der Waals surface area contributed by atoms with Crippen molar-refractivity contribution in [3.05, 3.63) is 0 Å². The molecule has 2 heterocycles. The van der Waals surface area contributed by atoms with Crippen LogP contribution in [0.4, 0.5) is 0 Å². The highest BCUT2D eigenvalue weighted by Gasteiger charge is 2.20. The van der Waals surface area contributed by atoms with Crippen molar-refractivity contribution in [2.45, 2.75) is 25.7 Å². The topological polar surface area (TPSA) is 18.8 Å². The van der Waals surface area contributed by atoms with E-state index in [4.69, 9.17) is 0 Å². The molecule has 0 atom stereocenters. The van der Waals surface area contributed by atoms with Crippen LogP contribution in [0, 0.1) is 0 Å². The highest BCUT2D eigenvalue weighted by Crippen LogP contribution is 2.12. The molecule has 0 radical (unpaired) electrons. The molecule has 0 saturated carbocycles. The first-order valence-corrected chi connectivity index (χ1v) is 5.38. The lowest BCUT2D eigenvalue weighted by Gasteiger charge is -2.37. The third-order valence-electron chi connectivity index (χ3n) is 2.89. The number of hydrogen-bond donors (Lipinski definition) is 0. The highest BCUT2D eigenvalue weighted by molar-refractivity contribution is 5.80. The molecular weight excluding hydrogens is 162 g/mol. The Bertz CT molecular complexity index is 200. The lowest BCUT2D eigenvalue weighted by Crippen LogP contribution is -2.49. The van der Waals surface area contributed by atoms with Gasteiger partial charge in [-0.1, -0.05) is 0 Å². The SMILES string of the molecule is CN1CCCN2CCCCCN=C12. The summed E-state index contributed by atoms with van der Waals surface area (Å²) in [6.45, 7) is 4.62. The zero-order valence-electron chi connectivity index (χ0n) is 8.50. The standard InChI is InChI=1S/C10H19N3/c1-12-7-5-9-13-8-4-2-3-6-11-10(12)13/h2-9H2,1H3. The second kappa shape index (κ2) is 3.99. The van der Waals surface area contributed by atoms with Gasteiger partial charge < -0.3 is 9.80 Å². The molecule has 13 heavy (non-hydrogen) atoms. The lowest BCUT2D eigenvalue weighted by molar-refractivity contribution is 0.273. The molecule has 0 spiro atoms. The van der Waals surface area contributed by atoms with Gasteiger partial charge in [0.15, 0.2) is 5.96 Å². The van der Waals surface area contributed by atoms with Gasteiger partial charge in [0.2, 0.25) is 0 Å². The molecule has 0 N–H and O–H groups in total. The average Bonchev–Trinajstić information content (AvgIpc) is 2.07. The van der Waals surface area contributed by atoms with Crippen LogP contribution < -0.4 is 0 Å². The van der Waals surface area contributed by atoms with Crippen LogP contribution in [-0.4, -0.2) is 49.0 Å². The van der Waals surface area contributed by atoms with Crippen molar-refractivity contribution in [2.75, 3.05) is 33.2 Å². The number of aliphatic imine (C=N–C) groups is 1. The van der Waals surface area contributed by atoms with Crippen molar-refractivity contribution in [1.29, 1.82) is 0 Å². The zero-order chi connectivity index (χ0) is 9.10. The van der Waals surface area contributed by atoms with E-state index >= 15 is 0 Å². The average molecular weight is 181 g/mol. The fourth-order valence-corrected chi connectivity index (χ4v) is 2.14. The Morgan fingerprint density at radius 3 is 2.77 bits per heavy atom. The molecule has 0 aliphatic carbocycles. The summed E-state index contributed by atoms with van der Waals surface area (Å²) in [7, 11) is 2.16. The van der Waals surface area contributed by atoms with Gasteiger partial charge in [0, 0.05) is 33.2 Å². The highest BCUT2D eigenvalue weighted by atomic mass is 15.4. The van der Waals surface area contributed by atoms with E-state index in [2.05, 4.69) is 21.8 Å². The molecular formula is C10H19N3. The number of hydrogen-bond acceptors (Lipinski definition) is 3. The third-order valence-corrected chi connectivity index (χ3v) is 2.89. The summed E-state index contributed by atoms with van der Waals surface area (Å²) >= 11 is 0. The van der Waals surface area contributed by atoms with E-state index < -0.39 is 0 Å². The molecule has 74 valence electrons. The van der Waals surface area contributed by atoms with Crippen molar-refractivity contribution in [3.63, 3.8) is 0 Å². The first kappa shape index (κ1) is 8.85. The summed E-state index contributed by atoms with van der Waals surface area (Å²) in [5.74, 6) is 1.24. The van der Waals surface area contributed by atoms with Crippen LogP contribution in [-0.2, 0) is 0 Å². The summed E-state index contributed by atoms with van der Waals surface area (Å²) in [6, 6.07) is 0. The second-order valence-corrected chi connectivity index (χ2v) is 4.00. The summed E-state index contributed by atoms with van der Waals surface area (Å²) in [5, 5.41) is 0. The summed E-state index contributed by atoms with van der Waals surface area (Å²) in [5.41, 5.74) is 0.